The average Bonchev–Trinajstić information content (AvgIpc) is 2.68. The molecule has 1 aliphatic rings. The Morgan fingerprint density at radius 3 is 2.18 bits per heavy atom. The molecule has 28 heavy (non-hydrogen) atoms. The number of methoxy groups -OCH3 is 1. The quantitative estimate of drug-likeness (QED) is 0.770. The molecule has 0 bridgehead atoms. The summed E-state index contributed by atoms with van der Waals surface area (Å²) in [6.07, 6.45) is 2.61. The molecule has 0 atom stereocenters. The Kier molecular flexibility index (Phi) is 5.97. The standard InChI is InChI=1S/C19H24N2O5S2/c1-15-6-9-17(10-7-15)27(22,23)20-16-8-11-18(26-2)19(14-16)28(24,25)21-12-4-3-5-13-21/h6-11,14,20H,3-5,12-13H2,1-2H3. The van der Waals surface area contributed by atoms with Crippen molar-refractivity contribution in [1.82, 2.24) is 4.31 Å². The first-order valence-corrected chi connectivity index (χ1v) is 11.9. The van der Waals surface area contributed by atoms with E-state index < -0.39 is 20.0 Å². The molecule has 1 N–H and O–H groups in total. The molecular formula is C19H24N2O5S2. The summed E-state index contributed by atoms with van der Waals surface area (Å²) < 4.78 is 60.5. The van der Waals surface area contributed by atoms with Crippen LogP contribution >= 0.6 is 0 Å². The zero-order valence-electron chi connectivity index (χ0n) is 15.9. The van der Waals surface area contributed by atoms with Crippen LogP contribution in [0.15, 0.2) is 52.3 Å². The van der Waals surface area contributed by atoms with Crippen LogP contribution in [0, 0.1) is 6.92 Å². The molecule has 9 heteroatoms. The van der Waals surface area contributed by atoms with Crippen LogP contribution in [-0.2, 0) is 20.0 Å². The van der Waals surface area contributed by atoms with Crippen molar-refractivity contribution in [2.45, 2.75) is 36.0 Å². The average molecular weight is 425 g/mol. The summed E-state index contributed by atoms with van der Waals surface area (Å²) in [5.41, 5.74) is 1.11. The molecule has 0 aliphatic carbocycles. The molecule has 7 nitrogen and oxygen atoms in total. The van der Waals surface area contributed by atoms with Gasteiger partial charge in [0.2, 0.25) is 10.0 Å². The van der Waals surface area contributed by atoms with E-state index in [1.54, 1.807) is 12.1 Å². The molecule has 0 spiro atoms. The van der Waals surface area contributed by atoms with Crippen LogP contribution in [-0.4, -0.2) is 41.3 Å². The Labute approximate surface area is 166 Å². The molecule has 0 aromatic heterocycles. The first-order valence-electron chi connectivity index (χ1n) is 9.02. The number of benzene rings is 2. The minimum atomic E-state index is -3.84. The van der Waals surface area contributed by atoms with Gasteiger partial charge in [-0.15, -0.1) is 0 Å². The van der Waals surface area contributed by atoms with E-state index >= 15 is 0 Å². The smallest absolute Gasteiger partial charge is 0.261 e. The van der Waals surface area contributed by atoms with Gasteiger partial charge in [-0.05, 0) is 50.1 Å². The zero-order valence-corrected chi connectivity index (χ0v) is 17.5. The van der Waals surface area contributed by atoms with Crippen LogP contribution in [0.25, 0.3) is 0 Å². The Morgan fingerprint density at radius 1 is 0.929 bits per heavy atom. The summed E-state index contributed by atoms with van der Waals surface area (Å²) >= 11 is 0. The highest BCUT2D eigenvalue weighted by atomic mass is 32.2. The lowest BCUT2D eigenvalue weighted by molar-refractivity contribution is 0.343. The molecule has 1 heterocycles. The van der Waals surface area contributed by atoms with Gasteiger partial charge in [0.1, 0.15) is 10.6 Å². The third-order valence-electron chi connectivity index (χ3n) is 4.68. The Morgan fingerprint density at radius 2 is 1.57 bits per heavy atom. The van der Waals surface area contributed by atoms with Gasteiger partial charge in [0.15, 0.2) is 0 Å². The minimum Gasteiger partial charge on any atom is -0.495 e. The van der Waals surface area contributed by atoms with Crippen LogP contribution in [0.4, 0.5) is 5.69 Å². The molecule has 3 rings (SSSR count). The maximum atomic E-state index is 13.1. The molecule has 2 aromatic rings. The predicted molar refractivity (Wildman–Crippen MR) is 108 cm³/mol. The number of rotatable bonds is 6. The van der Waals surface area contributed by atoms with Gasteiger partial charge in [-0.1, -0.05) is 24.1 Å². The summed E-state index contributed by atoms with van der Waals surface area (Å²) in [5.74, 6) is 0.184. The Hall–Kier alpha value is -2.10. The van der Waals surface area contributed by atoms with Crippen LogP contribution in [0.1, 0.15) is 24.8 Å². The minimum absolute atomic E-state index is 0.0407. The Bertz CT molecular complexity index is 1040. The second-order valence-corrected chi connectivity index (χ2v) is 10.3. The molecule has 0 amide bonds. The lowest BCUT2D eigenvalue weighted by Crippen LogP contribution is -2.35. The number of ether oxygens (including phenoxy) is 1. The lowest BCUT2D eigenvalue weighted by atomic mass is 10.2. The van der Waals surface area contributed by atoms with Crippen molar-refractivity contribution in [3.05, 3.63) is 48.0 Å². The number of nitrogens with one attached hydrogen (secondary N) is 1. The van der Waals surface area contributed by atoms with E-state index in [1.165, 1.54) is 41.7 Å². The zero-order chi connectivity index (χ0) is 20.4. The van der Waals surface area contributed by atoms with Crippen LogP contribution in [0.2, 0.25) is 0 Å². The fourth-order valence-corrected chi connectivity index (χ4v) is 5.87. The molecular weight excluding hydrogens is 400 g/mol. The first kappa shape index (κ1) is 20.6. The topological polar surface area (TPSA) is 92.8 Å². The molecule has 152 valence electrons. The SMILES string of the molecule is COc1ccc(NS(=O)(=O)c2ccc(C)cc2)cc1S(=O)(=O)N1CCCCC1. The summed E-state index contributed by atoms with van der Waals surface area (Å²) in [5, 5.41) is 0. The van der Waals surface area contributed by atoms with Crippen molar-refractivity contribution < 1.29 is 21.6 Å². The molecule has 1 saturated heterocycles. The molecule has 2 aromatic carbocycles. The van der Waals surface area contributed by atoms with Crippen molar-refractivity contribution in [2.75, 3.05) is 24.9 Å². The van der Waals surface area contributed by atoms with Crippen molar-refractivity contribution in [1.29, 1.82) is 0 Å². The monoisotopic (exact) mass is 424 g/mol. The van der Waals surface area contributed by atoms with Gasteiger partial charge in [0, 0.05) is 13.1 Å². The van der Waals surface area contributed by atoms with Crippen LogP contribution < -0.4 is 9.46 Å². The summed E-state index contributed by atoms with van der Waals surface area (Å²) in [7, 11) is -6.23. The highest BCUT2D eigenvalue weighted by Crippen LogP contribution is 2.31. The lowest BCUT2D eigenvalue weighted by Gasteiger charge is -2.26. The second kappa shape index (κ2) is 8.10. The maximum Gasteiger partial charge on any atom is 0.261 e. The number of aryl methyl sites for hydroxylation is 1. The van der Waals surface area contributed by atoms with E-state index in [1.807, 2.05) is 6.92 Å². The van der Waals surface area contributed by atoms with Crippen molar-refractivity contribution in [3.8, 4) is 5.75 Å². The van der Waals surface area contributed by atoms with Crippen molar-refractivity contribution >= 4 is 25.7 Å². The van der Waals surface area contributed by atoms with E-state index in [-0.39, 0.29) is 21.2 Å². The van der Waals surface area contributed by atoms with Gasteiger partial charge in [0.25, 0.3) is 10.0 Å². The van der Waals surface area contributed by atoms with Gasteiger partial charge in [-0.25, -0.2) is 16.8 Å². The van der Waals surface area contributed by atoms with E-state index in [0.29, 0.717) is 13.1 Å². The maximum absolute atomic E-state index is 13.1. The third kappa shape index (κ3) is 4.31. The second-order valence-electron chi connectivity index (χ2n) is 6.75. The highest BCUT2D eigenvalue weighted by Gasteiger charge is 2.29. The highest BCUT2D eigenvalue weighted by molar-refractivity contribution is 7.92. The third-order valence-corrected chi connectivity index (χ3v) is 8.00. The van der Waals surface area contributed by atoms with Gasteiger partial charge >= 0.3 is 0 Å². The van der Waals surface area contributed by atoms with Crippen LogP contribution in [0.5, 0.6) is 5.75 Å². The first-order chi connectivity index (χ1) is 13.2. The van der Waals surface area contributed by atoms with Crippen molar-refractivity contribution in [2.24, 2.45) is 0 Å². The number of anilines is 1. The largest absolute Gasteiger partial charge is 0.495 e. The molecule has 0 radical (unpaired) electrons. The van der Waals surface area contributed by atoms with Gasteiger partial charge in [-0.3, -0.25) is 4.72 Å². The predicted octanol–water partition coefficient (Wildman–Crippen LogP) is 2.98. The summed E-state index contributed by atoms with van der Waals surface area (Å²) in [4.78, 5) is 0.0651. The van der Waals surface area contributed by atoms with Crippen molar-refractivity contribution in [3.63, 3.8) is 0 Å². The fourth-order valence-electron chi connectivity index (χ4n) is 3.12. The molecule has 1 aliphatic heterocycles. The molecule has 0 unspecified atom stereocenters. The normalized spacial score (nSPS) is 15.9. The van der Waals surface area contributed by atoms with E-state index in [4.69, 9.17) is 4.74 Å². The number of piperidine rings is 1. The summed E-state index contributed by atoms with van der Waals surface area (Å²) in [6.45, 7) is 2.76. The van der Waals surface area contributed by atoms with Gasteiger partial charge in [0.05, 0.1) is 17.7 Å². The number of nitrogens with zero attached hydrogens (tertiary/aromatic N) is 1. The number of sulfonamides is 2. The van der Waals surface area contributed by atoms with E-state index in [2.05, 4.69) is 4.72 Å². The fraction of sp³-hybridized carbons (Fsp3) is 0.368. The number of hydrogen-bond donors (Lipinski definition) is 1. The van der Waals surface area contributed by atoms with E-state index in [9.17, 15) is 16.8 Å². The van der Waals surface area contributed by atoms with E-state index in [0.717, 1.165) is 24.8 Å². The summed E-state index contributed by atoms with van der Waals surface area (Å²) in [6, 6.07) is 10.7. The molecule has 1 fully saturated rings. The van der Waals surface area contributed by atoms with Gasteiger partial charge < -0.3 is 4.74 Å². The van der Waals surface area contributed by atoms with Crippen LogP contribution in [0.3, 0.4) is 0 Å². The number of hydrogen-bond acceptors (Lipinski definition) is 5. The molecule has 0 saturated carbocycles. The Balaban J connectivity index is 1.95. The van der Waals surface area contributed by atoms with Gasteiger partial charge in [-0.2, -0.15) is 4.31 Å².